The Morgan fingerprint density at radius 1 is 0.714 bits per heavy atom. The maximum absolute atomic E-state index is 13.6. The van der Waals surface area contributed by atoms with Gasteiger partial charge in [-0.1, -0.05) is 90.5 Å². The van der Waals surface area contributed by atoms with E-state index in [1.165, 1.54) is 0 Å². The standard InChI is InChI=1S/C26H24O2/c1-18-14-16-21(17-15-18)26(28)23(20-12-8-5-9-13-20)22(24(27)25(26,2)3)19-10-6-4-7-11-19/h4-17,28H,1-3H3. The Bertz CT molecular complexity index is 1040. The number of rotatable bonds is 3. The van der Waals surface area contributed by atoms with Crippen LogP contribution in [0.4, 0.5) is 0 Å². The number of hydrogen-bond donors (Lipinski definition) is 1. The number of allylic oxidation sites excluding steroid dienone is 1. The molecule has 0 saturated heterocycles. The molecule has 1 aliphatic carbocycles. The first kappa shape index (κ1) is 18.4. The summed E-state index contributed by atoms with van der Waals surface area (Å²) in [6.07, 6.45) is 0. The largest absolute Gasteiger partial charge is 0.379 e. The van der Waals surface area contributed by atoms with Gasteiger partial charge in [-0.3, -0.25) is 4.79 Å². The lowest BCUT2D eigenvalue weighted by atomic mass is 9.68. The molecule has 1 aliphatic rings. The molecule has 0 fully saturated rings. The van der Waals surface area contributed by atoms with Crippen LogP contribution in [0, 0.1) is 12.3 Å². The van der Waals surface area contributed by atoms with Gasteiger partial charge in [0.05, 0.1) is 5.41 Å². The van der Waals surface area contributed by atoms with Crippen molar-refractivity contribution in [1.29, 1.82) is 0 Å². The summed E-state index contributed by atoms with van der Waals surface area (Å²) in [4.78, 5) is 13.6. The number of Topliss-reactive ketones (excluding diaryl/α,β-unsaturated/α-hetero) is 1. The van der Waals surface area contributed by atoms with Gasteiger partial charge < -0.3 is 5.11 Å². The smallest absolute Gasteiger partial charge is 0.173 e. The monoisotopic (exact) mass is 368 g/mol. The highest BCUT2D eigenvalue weighted by Gasteiger charge is 2.59. The van der Waals surface area contributed by atoms with Gasteiger partial charge in [0.1, 0.15) is 5.60 Å². The van der Waals surface area contributed by atoms with E-state index in [1.54, 1.807) is 0 Å². The van der Waals surface area contributed by atoms with Crippen LogP contribution >= 0.6 is 0 Å². The first-order chi connectivity index (χ1) is 13.4. The summed E-state index contributed by atoms with van der Waals surface area (Å²) in [5, 5.41) is 12.2. The first-order valence-corrected chi connectivity index (χ1v) is 9.57. The maximum Gasteiger partial charge on any atom is 0.173 e. The second-order valence-electron chi connectivity index (χ2n) is 8.01. The fraction of sp³-hybridized carbons (Fsp3) is 0.192. The molecule has 3 aromatic rings. The van der Waals surface area contributed by atoms with E-state index in [4.69, 9.17) is 0 Å². The number of aryl methyl sites for hydroxylation is 1. The van der Waals surface area contributed by atoms with Crippen molar-refractivity contribution in [3.8, 4) is 0 Å². The van der Waals surface area contributed by atoms with Crippen LogP contribution in [0.15, 0.2) is 84.9 Å². The van der Waals surface area contributed by atoms with Gasteiger partial charge in [-0.2, -0.15) is 0 Å². The fourth-order valence-electron chi connectivity index (χ4n) is 4.22. The normalized spacial score (nSPS) is 21.2. The third-order valence-electron chi connectivity index (χ3n) is 5.91. The topological polar surface area (TPSA) is 37.3 Å². The van der Waals surface area contributed by atoms with Crippen LogP contribution in [-0.4, -0.2) is 10.9 Å². The highest BCUT2D eigenvalue weighted by atomic mass is 16.3. The van der Waals surface area contributed by atoms with E-state index in [0.29, 0.717) is 11.1 Å². The summed E-state index contributed by atoms with van der Waals surface area (Å²) in [6.45, 7) is 5.70. The van der Waals surface area contributed by atoms with E-state index < -0.39 is 11.0 Å². The Labute approximate surface area is 166 Å². The van der Waals surface area contributed by atoms with Crippen molar-refractivity contribution in [2.75, 3.05) is 0 Å². The van der Waals surface area contributed by atoms with Crippen LogP contribution in [-0.2, 0) is 10.4 Å². The van der Waals surface area contributed by atoms with Gasteiger partial charge in [-0.15, -0.1) is 0 Å². The molecule has 1 unspecified atom stereocenters. The Morgan fingerprint density at radius 3 is 1.75 bits per heavy atom. The molecule has 4 rings (SSSR count). The number of benzene rings is 3. The van der Waals surface area contributed by atoms with Gasteiger partial charge in [0.2, 0.25) is 0 Å². The zero-order chi connectivity index (χ0) is 19.9. The van der Waals surface area contributed by atoms with Crippen LogP contribution in [0.2, 0.25) is 0 Å². The van der Waals surface area contributed by atoms with Gasteiger partial charge >= 0.3 is 0 Å². The molecule has 2 heteroatoms. The van der Waals surface area contributed by atoms with Crippen LogP contribution < -0.4 is 0 Å². The van der Waals surface area contributed by atoms with Crippen molar-refractivity contribution in [2.45, 2.75) is 26.4 Å². The molecule has 0 aromatic heterocycles. The lowest BCUT2D eigenvalue weighted by Gasteiger charge is -2.38. The average Bonchev–Trinajstić information content (AvgIpc) is 2.88. The van der Waals surface area contributed by atoms with Gasteiger partial charge in [0, 0.05) is 11.1 Å². The zero-order valence-electron chi connectivity index (χ0n) is 16.4. The van der Waals surface area contributed by atoms with E-state index in [2.05, 4.69) is 0 Å². The third kappa shape index (κ3) is 2.56. The molecule has 1 atom stereocenters. The van der Waals surface area contributed by atoms with Crippen LogP contribution in [0.5, 0.6) is 0 Å². The Balaban J connectivity index is 2.09. The molecule has 0 saturated carbocycles. The molecule has 0 heterocycles. The highest BCUT2D eigenvalue weighted by molar-refractivity contribution is 6.35. The first-order valence-electron chi connectivity index (χ1n) is 9.57. The minimum absolute atomic E-state index is 0.0411. The lowest BCUT2D eigenvalue weighted by molar-refractivity contribution is -0.129. The summed E-state index contributed by atoms with van der Waals surface area (Å²) in [7, 11) is 0. The Kier molecular flexibility index (Phi) is 4.32. The van der Waals surface area contributed by atoms with Crippen molar-refractivity contribution >= 4 is 16.9 Å². The zero-order valence-corrected chi connectivity index (χ0v) is 16.4. The van der Waals surface area contributed by atoms with Crippen molar-refractivity contribution in [3.05, 3.63) is 107 Å². The summed E-state index contributed by atoms with van der Waals surface area (Å²) < 4.78 is 0. The van der Waals surface area contributed by atoms with Crippen molar-refractivity contribution in [1.82, 2.24) is 0 Å². The number of carbonyl (C=O) groups is 1. The van der Waals surface area contributed by atoms with E-state index in [9.17, 15) is 9.90 Å². The summed E-state index contributed by atoms with van der Waals surface area (Å²) in [5.41, 5.74) is 2.40. The number of carbonyl (C=O) groups excluding carboxylic acids is 1. The molecular weight excluding hydrogens is 344 g/mol. The van der Waals surface area contributed by atoms with E-state index in [-0.39, 0.29) is 5.78 Å². The molecule has 0 bridgehead atoms. The number of aliphatic hydroxyl groups is 1. The Hall–Kier alpha value is -2.97. The van der Waals surface area contributed by atoms with Crippen LogP contribution in [0.3, 0.4) is 0 Å². The minimum Gasteiger partial charge on any atom is -0.379 e. The van der Waals surface area contributed by atoms with Gasteiger partial charge in [0.15, 0.2) is 5.78 Å². The Morgan fingerprint density at radius 2 is 1.21 bits per heavy atom. The lowest BCUT2D eigenvalue weighted by Crippen LogP contribution is -2.43. The molecule has 140 valence electrons. The minimum atomic E-state index is -1.43. The maximum atomic E-state index is 13.6. The van der Waals surface area contributed by atoms with Crippen LogP contribution in [0.25, 0.3) is 11.1 Å². The van der Waals surface area contributed by atoms with Gasteiger partial charge in [0.25, 0.3) is 0 Å². The SMILES string of the molecule is Cc1ccc(C2(O)C(c3ccccc3)=C(c3ccccc3)C(=O)C2(C)C)cc1. The van der Waals surface area contributed by atoms with Crippen molar-refractivity contribution < 1.29 is 9.90 Å². The quantitative estimate of drug-likeness (QED) is 0.672. The molecule has 0 aliphatic heterocycles. The summed E-state index contributed by atoms with van der Waals surface area (Å²) in [5.74, 6) is -0.0411. The van der Waals surface area contributed by atoms with Crippen LogP contribution in [0.1, 0.15) is 36.1 Å². The predicted octanol–water partition coefficient (Wildman–Crippen LogP) is 5.40. The molecule has 0 spiro atoms. The second kappa shape index (κ2) is 6.57. The average molecular weight is 368 g/mol. The van der Waals surface area contributed by atoms with Crippen molar-refractivity contribution in [3.63, 3.8) is 0 Å². The molecule has 3 aromatic carbocycles. The summed E-state index contributed by atoms with van der Waals surface area (Å²) in [6, 6.07) is 27.2. The number of ketones is 1. The van der Waals surface area contributed by atoms with E-state index in [1.807, 2.05) is 106 Å². The van der Waals surface area contributed by atoms with Gasteiger partial charge in [-0.05, 0) is 37.5 Å². The predicted molar refractivity (Wildman–Crippen MR) is 114 cm³/mol. The van der Waals surface area contributed by atoms with E-state index in [0.717, 1.165) is 22.3 Å². The molecule has 28 heavy (non-hydrogen) atoms. The fourth-order valence-corrected chi connectivity index (χ4v) is 4.22. The highest BCUT2D eigenvalue weighted by Crippen LogP contribution is 2.59. The molecule has 2 nitrogen and oxygen atoms in total. The summed E-state index contributed by atoms with van der Waals surface area (Å²) >= 11 is 0. The van der Waals surface area contributed by atoms with Gasteiger partial charge in [-0.25, -0.2) is 0 Å². The second-order valence-corrected chi connectivity index (χ2v) is 8.01. The third-order valence-corrected chi connectivity index (χ3v) is 5.91. The molecular formula is C26H24O2. The van der Waals surface area contributed by atoms with E-state index >= 15 is 0 Å². The number of hydrogen-bond acceptors (Lipinski definition) is 2. The molecule has 1 N–H and O–H groups in total. The molecule has 0 amide bonds. The molecule has 0 radical (unpaired) electrons. The van der Waals surface area contributed by atoms with Crippen molar-refractivity contribution in [2.24, 2.45) is 5.41 Å².